The largest absolute Gasteiger partial charge is 0.373 e. The van der Waals surface area contributed by atoms with Crippen molar-refractivity contribution in [3.63, 3.8) is 0 Å². The number of anilines is 2. The fourth-order valence-corrected chi connectivity index (χ4v) is 1.34. The summed E-state index contributed by atoms with van der Waals surface area (Å²) in [7, 11) is -1.21. The van der Waals surface area contributed by atoms with Crippen LogP contribution in [0, 0.1) is 0 Å². The van der Waals surface area contributed by atoms with Gasteiger partial charge in [0, 0.05) is 13.3 Å². The maximum atomic E-state index is 10.8. The van der Waals surface area contributed by atoms with Gasteiger partial charge in [-0.25, -0.2) is 13.4 Å². The molecule has 17 heavy (non-hydrogen) atoms. The Labute approximate surface area is 100 Å². The van der Waals surface area contributed by atoms with Crippen molar-refractivity contribution in [2.75, 3.05) is 36.4 Å². The normalized spacial score (nSPS) is 11.2. The Morgan fingerprint density at radius 3 is 2.71 bits per heavy atom. The molecule has 0 atom stereocenters. The summed E-state index contributed by atoms with van der Waals surface area (Å²) >= 11 is 0. The molecule has 0 amide bonds. The first kappa shape index (κ1) is 13.7. The zero-order chi connectivity index (χ0) is 12.7. The first-order chi connectivity index (χ1) is 8.01. The molecule has 0 aromatic carbocycles. The predicted octanol–water partition coefficient (Wildman–Crippen LogP) is 0.0160. The molecule has 0 aliphatic carbocycles. The van der Waals surface area contributed by atoms with Crippen molar-refractivity contribution in [3.05, 3.63) is 18.3 Å². The van der Waals surface area contributed by atoms with Crippen LogP contribution >= 0.6 is 0 Å². The highest BCUT2D eigenvalue weighted by Crippen LogP contribution is 2.07. The molecule has 1 heterocycles. The SMILES string of the molecule is CNc1ccc(NNOCCS(C)(=O)=O)cn1. The van der Waals surface area contributed by atoms with Crippen LogP contribution in [0.25, 0.3) is 0 Å². The molecule has 0 aliphatic rings. The number of nitrogens with one attached hydrogen (secondary N) is 3. The van der Waals surface area contributed by atoms with Crippen LogP contribution in [-0.2, 0) is 14.7 Å². The van der Waals surface area contributed by atoms with Gasteiger partial charge in [-0.15, -0.1) is 5.59 Å². The third-order valence-corrected chi connectivity index (χ3v) is 2.75. The Balaban J connectivity index is 2.22. The van der Waals surface area contributed by atoms with Crippen molar-refractivity contribution in [1.82, 2.24) is 10.6 Å². The molecule has 0 bridgehead atoms. The number of hydrazine groups is 1. The third kappa shape index (κ3) is 6.05. The molecule has 0 aliphatic heterocycles. The maximum Gasteiger partial charge on any atom is 0.149 e. The van der Waals surface area contributed by atoms with Crippen molar-refractivity contribution in [3.8, 4) is 0 Å². The summed E-state index contributed by atoms with van der Waals surface area (Å²) in [6.07, 6.45) is 2.77. The zero-order valence-electron chi connectivity index (χ0n) is 9.73. The second-order valence-corrected chi connectivity index (χ2v) is 5.65. The van der Waals surface area contributed by atoms with Gasteiger partial charge in [-0.05, 0) is 12.1 Å². The number of pyridine rings is 1. The van der Waals surface area contributed by atoms with Crippen LogP contribution in [0.1, 0.15) is 0 Å². The van der Waals surface area contributed by atoms with Gasteiger partial charge >= 0.3 is 0 Å². The Bertz CT molecular complexity index is 432. The van der Waals surface area contributed by atoms with Crippen molar-refractivity contribution >= 4 is 21.3 Å². The lowest BCUT2D eigenvalue weighted by Crippen LogP contribution is -2.25. The number of aromatic nitrogens is 1. The average Bonchev–Trinajstić information content (AvgIpc) is 2.28. The molecule has 0 fully saturated rings. The van der Waals surface area contributed by atoms with Gasteiger partial charge in [0.25, 0.3) is 0 Å². The maximum absolute atomic E-state index is 10.8. The number of hydrogen-bond acceptors (Lipinski definition) is 7. The second-order valence-electron chi connectivity index (χ2n) is 3.39. The highest BCUT2D eigenvalue weighted by Gasteiger charge is 2.01. The van der Waals surface area contributed by atoms with E-state index in [0.29, 0.717) is 5.69 Å². The minimum Gasteiger partial charge on any atom is -0.373 e. The number of sulfone groups is 1. The first-order valence-electron chi connectivity index (χ1n) is 4.95. The van der Waals surface area contributed by atoms with E-state index >= 15 is 0 Å². The van der Waals surface area contributed by atoms with Gasteiger partial charge in [0.2, 0.25) is 0 Å². The van der Waals surface area contributed by atoms with Gasteiger partial charge in [-0.3, -0.25) is 10.3 Å². The van der Waals surface area contributed by atoms with Crippen LogP contribution in [0.15, 0.2) is 18.3 Å². The van der Waals surface area contributed by atoms with Gasteiger partial charge in [0.1, 0.15) is 15.7 Å². The van der Waals surface area contributed by atoms with Gasteiger partial charge < -0.3 is 5.32 Å². The summed E-state index contributed by atoms with van der Waals surface area (Å²) < 4.78 is 21.6. The molecule has 3 N–H and O–H groups in total. The third-order valence-electron chi connectivity index (χ3n) is 1.84. The molecular weight excluding hydrogens is 244 g/mol. The standard InChI is InChI=1S/C9H16N4O3S/c1-10-9-4-3-8(7-11-9)12-13-16-5-6-17(2,14)15/h3-4,7,12-13H,5-6H2,1-2H3,(H,10,11). The van der Waals surface area contributed by atoms with E-state index in [2.05, 4.69) is 21.3 Å². The number of hydrogen-bond donors (Lipinski definition) is 3. The molecule has 96 valence electrons. The van der Waals surface area contributed by atoms with E-state index in [4.69, 9.17) is 4.84 Å². The summed E-state index contributed by atoms with van der Waals surface area (Å²) in [5, 5.41) is 2.89. The lowest BCUT2D eigenvalue weighted by Gasteiger charge is -2.08. The lowest BCUT2D eigenvalue weighted by molar-refractivity contribution is 0.0690. The van der Waals surface area contributed by atoms with Gasteiger partial charge in [0.05, 0.1) is 24.2 Å². The average molecular weight is 260 g/mol. The Morgan fingerprint density at radius 1 is 1.41 bits per heavy atom. The highest BCUT2D eigenvalue weighted by atomic mass is 32.2. The van der Waals surface area contributed by atoms with Crippen LogP contribution in [0.5, 0.6) is 0 Å². The Morgan fingerprint density at radius 2 is 2.18 bits per heavy atom. The molecule has 0 radical (unpaired) electrons. The predicted molar refractivity (Wildman–Crippen MR) is 66.2 cm³/mol. The zero-order valence-corrected chi connectivity index (χ0v) is 10.5. The molecule has 1 aromatic heterocycles. The monoisotopic (exact) mass is 260 g/mol. The van der Waals surface area contributed by atoms with E-state index in [1.54, 1.807) is 25.4 Å². The van der Waals surface area contributed by atoms with E-state index in [1.807, 2.05) is 0 Å². The lowest BCUT2D eigenvalue weighted by atomic mass is 10.4. The molecule has 1 aromatic rings. The van der Waals surface area contributed by atoms with E-state index in [-0.39, 0.29) is 12.4 Å². The number of rotatable bonds is 7. The number of nitrogens with zero attached hydrogens (tertiary/aromatic N) is 1. The first-order valence-corrected chi connectivity index (χ1v) is 7.01. The van der Waals surface area contributed by atoms with Crippen molar-refractivity contribution in [2.24, 2.45) is 0 Å². The molecule has 7 nitrogen and oxygen atoms in total. The fourth-order valence-electron chi connectivity index (χ4n) is 0.955. The highest BCUT2D eigenvalue weighted by molar-refractivity contribution is 7.90. The molecule has 0 unspecified atom stereocenters. The van der Waals surface area contributed by atoms with E-state index in [9.17, 15) is 8.42 Å². The van der Waals surface area contributed by atoms with Crippen LogP contribution in [0.4, 0.5) is 11.5 Å². The van der Waals surface area contributed by atoms with Crippen LogP contribution in [-0.4, -0.2) is 39.1 Å². The Hall–Kier alpha value is -1.38. The van der Waals surface area contributed by atoms with Crippen LogP contribution in [0.2, 0.25) is 0 Å². The van der Waals surface area contributed by atoms with Crippen molar-refractivity contribution < 1.29 is 13.3 Å². The van der Waals surface area contributed by atoms with E-state index < -0.39 is 9.84 Å². The van der Waals surface area contributed by atoms with Gasteiger partial charge in [0.15, 0.2) is 0 Å². The molecule has 0 saturated carbocycles. The van der Waals surface area contributed by atoms with Crippen LogP contribution in [0.3, 0.4) is 0 Å². The Kier molecular flexibility index (Phi) is 5.13. The topological polar surface area (TPSA) is 92.3 Å². The fraction of sp³-hybridized carbons (Fsp3) is 0.444. The minimum absolute atomic E-state index is 0.0291. The van der Waals surface area contributed by atoms with Gasteiger partial charge in [-0.2, -0.15) is 0 Å². The summed E-state index contributed by atoms with van der Waals surface area (Å²) in [5.74, 6) is 0.729. The summed E-state index contributed by atoms with van der Waals surface area (Å²) in [5.41, 5.74) is 5.87. The second kappa shape index (κ2) is 6.38. The molecular formula is C9H16N4O3S. The molecule has 0 saturated heterocycles. The van der Waals surface area contributed by atoms with E-state index in [1.165, 1.54) is 0 Å². The molecule has 1 rings (SSSR count). The van der Waals surface area contributed by atoms with E-state index in [0.717, 1.165) is 12.1 Å². The molecule has 0 spiro atoms. The summed E-state index contributed by atoms with van der Waals surface area (Å²) in [6.45, 7) is 0.0772. The van der Waals surface area contributed by atoms with Crippen molar-refractivity contribution in [1.29, 1.82) is 0 Å². The smallest absolute Gasteiger partial charge is 0.149 e. The van der Waals surface area contributed by atoms with Crippen molar-refractivity contribution in [2.45, 2.75) is 0 Å². The summed E-state index contributed by atoms with van der Waals surface area (Å²) in [4.78, 5) is 8.96. The summed E-state index contributed by atoms with van der Waals surface area (Å²) in [6, 6.07) is 3.59. The van der Waals surface area contributed by atoms with Gasteiger partial charge in [-0.1, -0.05) is 0 Å². The molecule has 8 heteroatoms. The quantitative estimate of drug-likeness (QED) is 0.470. The van der Waals surface area contributed by atoms with Crippen LogP contribution < -0.4 is 16.3 Å². The minimum atomic E-state index is -2.99.